The predicted octanol–water partition coefficient (Wildman–Crippen LogP) is 5.57. The lowest BCUT2D eigenvalue weighted by Gasteiger charge is -2.21. The molecule has 21 heavy (non-hydrogen) atoms. The molecule has 3 rings (SSSR count). The van der Waals surface area contributed by atoms with Gasteiger partial charge in [0.05, 0.1) is 0 Å². The van der Waals surface area contributed by atoms with Crippen LogP contribution in [0.25, 0.3) is 11.1 Å². The number of rotatable bonds is 4. The average Bonchev–Trinajstić information content (AvgIpc) is 2.56. The molecule has 0 spiro atoms. The van der Waals surface area contributed by atoms with Gasteiger partial charge < -0.3 is 0 Å². The van der Waals surface area contributed by atoms with Crippen molar-refractivity contribution in [3.8, 4) is 11.1 Å². The van der Waals surface area contributed by atoms with Gasteiger partial charge in [0.2, 0.25) is 0 Å². The molecule has 0 atom stereocenters. The highest BCUT2D eigenvalue weighted by molar-refractivity contribution is 5.64. The zero-order valence-electron chi connectivity index (χ0n) is 13.0. The van der Waals surface area contributed by atoms with E-state index in [1.165, 1.54) is 67.2 Å². The van der Waals surface area contributed by atoms with Gasteiger partial charge in [-0.1, -0.05) is 50.3 Å². The molecule has 0 amide bonds. The third-order valence-electron chi connectivity index (χ3n) is 4.91. The van der Waals surface area contributed by atoms with E-state index in [4.69, 9.17) is 0 Å². The SMILES string of the molecule is Cc1ccc(-c2ccncc2)cc1CCC1CCCCC1. The first-order chi connectivity index (χ1) is 10.3. The van der Waals surface area contributed by atoms with Crippen molar-refractivity contribution in [2.75, 3.05) is 0 Å². The molecule has 0 saturated heterocycles. The zero-order chi connectivity index (χ0) is 14.5. The minimum atomic E-state index is 0.961. The maximum Gasteiger partial charge on any atom is 0.0273 e. The molecule has 1 aliphatic rings. The molecule has 1 fully saturated rings. The number of benzene rings is 1. The van der Waals surface area contributed by atoms with E-state index in [9.17, 15) is 0 Å². The third-order valence-corrected chi connectivity index (χ3v) is 4.91. The maximum absolute atomic E-state index is 4.11. The molecular weight excluding hydrogens is 254 g/mol. The molecule has 1 heteroatoms. The molecule has 0 radical (unpaired) electrons. The van der Waals surface area contributed by atoms with E-state index in [-0.39, 0.29) is 0 Å². The van der Waals surface area contributed by atoms with Crippen molar-refractivity contribution in [2.45, 2.75) is 51.9 Å². The van der Waals surface area contributed by atoms with E-state index in [2.05, 4.69) is 42.2 Å². The van der Waals surface area contributed by atoms with Gasteiger partial charge in [0.25, 0.3) is 0 Å². The summed E-state index contributed by atoms with van der Waals surface area (Å²) in [6.45, 7) is 2.24. The van der Waals surface area contributed by atoms with E-state index in [1.807, 2.05) is 12.4 Å². The summed E-state index contributed by atoms with van der Waals surface area (Å²) >= 11 is 0. The minimum Gasteiger partial charge on any atom is -0.265 e. The van der Waals surface area contributed by atoms with Crippen LogP contribution in [-0.4, -0.2) is 4.98 Å². The molecule has 0 bridgehead atoms. The fourth-order valence-electron chi connectivity index (χ4n) is 3.50. The summed E-state index contributed by atoms with van der Waals surface area (Å²) in [5.74, 6) is 0.961. The molecule has 2 aromatic rings. The largest absolute Gasteiger partial charge is 0.265 e. The lowest BCUT2D eigenvalue weighted by molar-refractivity contribution is 0.339. The Hall–Kier alpha value is -1.63. The summed E-state index contributed by atoms with van der Waals surface area (Å²) < 4.78 is 0. The van der Waals surface area contributed by atoms with Gasteiger partial charge in [-0.25, -0.2) is 0 Å². The van der Waals surface area contributed by atoms with Crippen LogP contribution in [0, 0.1) is 12.8 Å². The van der Waals surface area contributed by atoms with Gasteiger partial charge in [-0.2, -0.15) is 0 Å². The Morgan fingerprint density at radius 2 is 1.71 bits per heavy atom. The van der Waals surface area contributed by atoms with Gasteiger partial charge in [-0.15, -0.1) is 0 Å². The standard InChI is InChI=1S/C20H25N/c1-16-7-9-20(18-11-13-21-14-12-18)15-19(16)10-8-17-5-3-2-4-6-17/h7,9,11-15,17H,2-6,8,10H2,1H3. The molecule has 1 nitrogen and oxygen atoms in total. The first-order valence-corrected chi connectivity index (χ1v) is 8.33. The first kappa shape index (κ1) is 14.3. The highest BCUT2D eigenvalue weighted by Gasteiger charge is 2.13. The van der Waals surface area contributed by atoms with Crippen LogP contribution in [-0.2, 0) is 6.42 Å². The Labute approximate surface area is 128 Å². The van der Waals surface area contributed by atoms with Gasteiger partial charge in [0.15, 0.2) is 0 Å². The van der Waals surface area contributed by atoms with E-state index >= 15 is 0 Å². The Kier molecular flexibility index (Phi) is 4.69. The monoisotopic (exact) mass is 279 g/mol. The molecule has 1 heterocycles. The Balaban J connectivity index is 1.72. The number of aryl methyl sites for hydroxylation is 2. The number of nitrogens with zero attached hydrogens (tertiary/aromatic N) is 1. The van der Waals surface area contributed by atoms with Crippen LogP contribution in [0.15, 0.2) is 42.7 Å². The summed E-state index contributed by atoms with van der Waals surface area (Å²) in [5, 5.41) is 0. The van der Waals surface area contributed by atoms with Crippen molar-refractivity contribution in [1.82, 2.24) is 4.98 Å². The van der Waals surface area contributed by atoms with Crippen LogP contribution in [0.1, 0.15) is 49.7 Å². The second-order valence-corrected chi connectivity index (χ2v) is 6.42. The lowest BCUT2D eigenvalue weighted by Crippen LogP contribution is -2.07. The molecule has 0 aliphatic heterocycles. The van der Waals surface area contributed by atoms with Crippen molar-refractivity contribution >= 4 is 0 Å². The van der Waals surface area contributed by atoms with Gasteiger partial charge in [-0.3, -0.25) is 4.98 Å². The van der Waals surface area contributed by atoms with E-state index in [0.29, 0.717) is 0 Å². The summed E-state index contributed by atoms with van der Waals surface area (Å²) in [6.07, 6.45) is 13.6. The predicted molar refractivity (Wildman–Crippen MR) is 89.3 cm³/mol. The van der Waals surface area contributed by atoms with Gasteiger partial charge in [0.1, 0.15) is 0 Å². The van der Waals surface area contributed by atoms with Crippen molar-refractivity contribution in [2.24, 2.45) is 5.92 Å². The van der Waals surface area contributed by atoms with Crippen LogP contribution in [0.4, 0.5) is 0 Å². The first-order valence-electron chi connectivity index (χ1n) is 8.33. The molecule has 0 N–H and O–H groups in total. The zero-order valence-corrected chi connectivity index (χ0v) is 13.0. The topological polar surface area (TPSA) is 12.9 Å². The van der Waals surface area contributed by atoms with Crippen molar-refractivity contribution in [1.29, 1.82) is 0 Å². The quantitative estimate of drug-likeness (QED) is 0.713. The van der Waals surface area contributed by atoms with Crippen molar-refractivity contribution in [3.63, 3.8) is 0 Å². The third kappa shape index (κ3) is 3.72. The van der Waals surface area contributed by atoms with Crippen LogP contribution in [0.2, 0.25) is 0 Å². The lowest BCUT2D eigenvalue weighted by atomic mass is 9.84. The Morgan fingerprint density at radius 1 is 0.952 bits per heavy atom. The van der Waals surface area contributed by atoms with E-state index in [1.54, 1.807) is 0 Å². The van der Waals surface area contributed by atoms with Gasteiger partial charge >= 0.3 is 0 Å². The fourth-order valence-corrected chi connectivity index (χ4v) is 3.50. The molecule has 1 saturated carbocycles. The van der Waals surface area contributed by atoms with Crippen LogP contribution < -0.4 is 0 Å². The molecular formula is C20H25N. The number of hydrogen-bond donors (Lipinski definition) is 0. The molecule has 1 aromatic heterocycles. The minimum absolute atomic E-state index is 0.961. The van der Waals surface area contributed by atoms with E-state index < -0.39 is 0 Å². The fraction of sp³-hybridized carbons (Fsp3) is 0.450. The van der Waals surface area contributed by atoms with Gasteiger partial charge in [0, 0.05) is 12.4 Å². The molecule has 1 aromatic carbocycles. The highest BCUT2D eigenvalue weighted by Crippen LogP contribution is 2.29. The second kappa shape index (κ2) is 6.89. The molecule has 1 aliphatic carbocycles. The van der Waals surface area contributed by atoms with Crippen LogP contribution in [0.3, 0.4) is 0 Å². The Bertz CT molecular complexity index is 568. The van der Waals surface area contributed by atoms with Crippen LogP contribution >= 0.6 is 0 Å². The maximum atomic E-state index is 4.11. The molecule has 0 unspecified atom stereocenters. The summed E-state index contributed by atoms with van der Waals surface area (Å²) in [7, 11) is 0. The number of hydrogen-bond acceptors (Lipinski definition) is 1. The number of pyridine rings is 1. The number of aromatic nitrogens is 1. The van der Waals surface area contributed by atoms with Crippen LogP contribution in [0.5, 0.6) is 0 Å². The summed E-state index contributed by atoms with van der Waals surface area (Å²) in [5.41, 5.74) is 5.55. The Morgan fingerprint density at radius 3 is 2.48 bits per heavy atom. The normalized spacial score (nSPS) is 16.0. The smallest absolute Gasteiger partial charge is 0.0273 e. The van der Waals surface area contributed by atoms with Crippen molar-refractivity contribution in [3.05, 3.63) is 53.9 Å². The second-order valence-electron chi connectivity index (χ2n) is 6.42. The summed E-state index contributed by atoms with van der Waals surface area (Å²) in [4.78, 5) is 4.11. The average molecular weight is 279 g/mol. The summed E-state index contributed by atoms with van der Waals surface area (Å²) in [6, 6.07) is 11.1. The molecule has 110 valence electrons. The van der Waals surface area contributed by atoms with Crippen molar-refractivity contribution < 1.29 is 0 Å². The highest BCUT2D eigenvalue weighted by atomic mass is 14.6. The van der Waals surface area contributed by atoms with Gasteiger partial charge in [-0.05, 0) is 60.1 Å². The van der Waals surface area contributed by atoms with E-state index in [0.717, 1.165) is 5.92 Å².